The van der Waals surface area contributed by atoms with E-state index in [9.17, 15) is 14.4 Å². The summed E-state index contributed by atoms with van der Waals surface area (Å²) in [7, 11) is 0. The summed E-state index contributed by atoms with van der Waals surface area (Å²) in [6, 6.07) is 7.17. The molecule has 0 atom stereocenters. The van der Waals surface area contributed by atoms with Gasteiger partial charge < -0.3 is 9.47 Å². The summed E-state index contributed by atoms with van der Waals surface area (Å²) in [6.45, 7) is 6.88. The van der Waals surface area contributed by atoms with Crippen LogP contribution in [0.15, 0.2) is 43.0 Å². The van der Waals surface area contributed by atoms with Gasteiger partial charge in [-0.1, -0.05) is 31.6 Å². The SMILES string of the molecule is C=C(C(=O)OCC)c1ccc(OCCCCCCN2C(=O)C=CC2=O)cc1. The topological polar surface area (TPSA) is 72.9 Å². The van der Waals surface area contributed by atoms with Crippen LogP contribution in [-0.2, 0) is 19.1 Å². The van der Waals surface area contributed by atoms with Gasteiger partial charge >= 0.3 is 5.97 Å². The summed E-state index contributed by atoms with van der Waals surface area (Å²) < 4.78 is 10.6. The van der Waals surface area contributed by atoms with E-state index in [0.717, 1.165) is 31.4 Å². The molecule has 0 saturated heterocycles. The molecule has 0 bridgehead atoms. The average molecular weight is 371 g/mol. The van der Waals surface area contributed by atoms with Crippen molar-refractivity contribution in [1.82, 2.24) is 4.90 Å². The lowest BCUT2D eigenvalue weighted by Crippen LogP contribution is -2.30. The number of rotatable bonds is 11. The van der Waals surface area contributed by atoms with Gasteiger partial charge in [-0.3, -0.25) is 14.5 Å². The van der Waals surface area contributed by atoms with Crippen LogP contribution in [0.4, 0.5) is 0 Å². The molecule has 2 rings (SSSR count). The lowest BCUT2D eigenvalue weighted by Gasteiger charge is -2.13. The molecule has 6 heteroatoms. The Balaban J connectivity index is 1.60. The maximum atomic E-state index is 11.6. The fourth-order valence-corrected chi connectivity index (χ4v) is 2.66. The maximum Gasteiger partial charge on any atom is 0.338 e. The van der Waals surface area contributed by atoms with Gasteiger partial charge in [0.15, 0.2) is 0 Å². The summed E-state index contributed by atoms with van der Waals surface area (Å²) in [5.74, 6) is -0.135. The van der Waals surface area contributed by atoms with Gasteiger partial charge in [0.05, 0.1) is 18.8 Å². The molecule has 0 spiro atoms. The third kappa shape index (κ3) is 6.09. The normalized spacial score (nSPS) is 13.1. The smallest absolute Gasteiger partial charge is 0.338 e. The Labute approximate surface area is 159 Å². The van der Waals surface area contributed by atoms with Crippen LogP contribution in [0.3, 0.4) is 0 Å². The predicted molar refractivity (Wildman–Crippen MR) is 102 cm³/mol. The van der Waals surface area contributed by atoms with Crippen molar-refractivity contribution in [2.75, 3.05) is 19.8 Å². The minimum Gasteiger partial charge on any atom is -0.494 e. The number of imide groups is 1. The third-order valence-electron chi connectivity index (χ3n) is 4.17. The van der Waals surface area contributed by atoms with Gasteiger partial charge in [-0.05, 0) is 37.5 Å². The highest BCUT2D eigenvalue weighted by molar-refractivity contribution is 6.15. The minimum atomic E-state index is -0.417. The number of benzene rings is 1. The van der Waals surface area contributed by atoms with Crippen molar-refractivity contribution in [2.45, 2.75) is 32.6 Å². The molecular weight excluding hydrogens is 346 g/mol. The zero-order valence-electron chi connectivity index (χ0n) is 15.6. The molecule has 0 aliphatic carbocycles. The van der Waals surface area contributed by atoms with E-state index in [0.29, 0.717) is 30.9 Å². The van der Waals surface area contributed by atoms with Crippen LogP contribution in [0, 0.1) is 0 Å². The summed E-state index contributed by atoms with van der Waals surface area (Å²) in [5, 5.41) is 0. The van der Waals surface area contributed by atoms with Crippen LogP contribution in [0.5, 0.6) is 5.75 Å². The Kier molecular flexibility index (Phi) is 7.79. The molecule has 0 saturated carbocycles. The van der Waals surface area contributed by atoms with Gasteiger partial charge in [0.1, 0.15) is 5.75 Å². The number of hydrogen-bond donors (Lipinski definition) is 0. The van der Waals surface area contributed by atoms with Gasteiger partial charge in [0.2, 0.25) is 0 Å². The number of ether oxygens (including phenoxy) is 2. The quantitative estimate of drug-likeness (QED) is 0.259. The van der Waals surface area contributed by atoms with E-state index < -0.39 is 5.97 Å². The average Bonchev–Trinajstić information content (AvgIpc) is 2.99. The van der Waals surface area contributed by atoms with Gasteiger partial charge in [-0.15, -0.1) is 0 Å². The monoisotopic (exact) mass is 371 g/mol. The van der Waals surface area contributed by atoms with E-state index in [1.165, 1.54) is 17.1 Å². The molecule has 6 nitrogen and oxygen atoms in total. The van der Waals surface area contributed by atoms with Crippen molar-refractivity contribution in [1.29, 1.82) is 0 Å². The molecule has 144 valence electrons. The zero-order chi connectivity index (χ0) is 19.6. The first-order chi connectivity index (χ1) is 13.0. The molecular formula is C21H25NO5. The third-order valence-corrected chi connectivity index (χ3v) is 4.17. The first kappa shape index (κ1) is 20.4. The Morgan fingerprint density at radius 2 is 1.63 bits per heavy atom. The summed E-state index contributed by atoms with van der Waals surface area (Å²) in [5.41, 5.74) is 1.04. The van der Waals surface area contributed by atoms with Gasteiger partial charge in [0, 0.05) is 18.7 Å². The van der Waals surface area contributed by atoms with Crippen LogP contribution in [-0.4, -0.2) is 42.4 Å². The molecule has 1 aliphatic rings. The van der Waals surface area contributed by atoms with E-state index in [2.05, 4.69) is 6.58 Å². The van der Waals surface area contributed by atoms with Crippen molar-refractivity contribution >= 4 is 23.4 Å². The molecule has 0 fully saturated rings. The highest BCUT2D eigenvalue weighted by atomic mass is 16.5. The van der Waals surface area contributed by atoms with Gasteiger partial charge in [0.25, 0.3) is 11.8 Å². The molecule has 1 heterocycles. The number of carbonyl (C=O) groups excluding carboxylic acids is 3. The second-order valence-corrected chi connectivity index (χ2v) is 6.15. The first-order valence-corrected chi connectivity index (χ1v) is 9.15. The molecule has 2 amide bonds. The van der Waals surface area contributed by atoms with E-state index in [1.807, 2.05) is 0 Å². The zero-order valence-corrected chi connectivity index (χ0v) is 15.6. The van der Waals surface area contributed by atoms with Gasteiger partial charge in [-0.25, -0.2) is 4.79 Å². The Morgan fingerprint density at radius 3 is 2.26 bits per heavy atom. The molecule has 0 aromatic heterocycles. The van der Waals surface area contributed by atoms with E-state index in [-0.39, 0.29) is 11.8 Å². The molecule has 0 N–H and O–H groups in total. The van der Waals surface area contributed by atoms with Crippen molar-refractivity contribution < 1.29 is 23.9 Å². The van der Waals surface area contributed by atoms with Crippen molar-refractivity contribution in [3.63, 3.8) is 0 Å². The van der Waals surface area contributed by atoms with Gasteiger partial charge in [-0.2, -0.15) is 0 Å². The van der Waals surface area contributed by atoms with E-state index >= 15 is 0 Å². The lowest BCUT2D eigenvalue weighted by molar-refractivity contribution is -0.137. The predicted octanol–water partition coefficient (Wildman–Crippen LogP) is 3.13. The molecule has 27 heavy (non-hydrogen) atoms. The van der Waals surface area contributed by atoms with Crippen LogP contribution in [0.25, 0.3) is 5.57 Å². The second-order valence-electron chi connectivity index (χ2n) is 6.15. The molecule has 1 aliphatic heterocycles. The number of esters is 1. The highest BCUT2D eigenvalue weighted by Crippen LogP contribution is 2.19. The summed E-state index contributed by atoms with van der Waals surface area (Å²) >= 11 is 0. The van der Waals surface area contributed by atoms with Crippen molar-refractivity contribution in [2.24, 2.45) is 0 Å². The largest absolute Gasteiger partial charge is 0.494 e. The molecule has 0 radical (unpaired) electrons. The van der Waals surface area contributed by atoms with Crippen LogP contribution in [0.2, 0.25) is 0 Å². The number of carbonyl (C=O) groups is 3. The number of nitrogens with zero attached hydrogens (tertiary/aromatic N) is 1. The van der Waals surface area contributed by atoms with E-state index in [4.69, 9.17) is 9.47 Å². The Hall–Kier alpha value is -2.89. The fourth-order valence-electron chi connectivity index (χ4n) is 2.66. The summed E-state index contributed by atoms with van der Waals surface area (Å²) in [4.78, 5) is 35.7. The number of unbranched alkanes of at least 4 members (excludes halogenated alkanes) is 3. The van der Waals surface area contributed by atoms with Crippen LogP contribution in [0.1, 0.15) is 38.2 Å². The fraction of sp³-hybridized carbons (Fsp3) is 0.381. The molecule has 1 aromatic rings. The number of hydrogen-bond acceptors (Lipinski definition) is 5. The molecule has 0 unspecified atom stereocenters. The number of amides is 2. The Morgan fingerprint density at radius 1 is 1.00 bits per heavy atom. The first-order valence-electron chi connectivity index (χ1n) is 9.15. The second kappa shape index (κ2) is 10.3. The van der Waals surface area contributed by atoms with E-state index in [1.54, 1.807) is 31.2 Å². The van der Waals surface area contributed by atoms with Crippen LogP contribution < -0.4 is 4.74 Å². The Bertz CT molecular complexity index is 703. The maximum absolute atomic E-state index is 11.6. The van der Waals surface area contributed by atoms with Crippen molar-refractivity contribution in [3.8, 4) is 5.75 Å². The van der Waals surface area contributed by atoms with Crippen molar-refractivity contribution in [3.05, 3.63) is 48.6 Å². The van der Waals surface area contributed by atoms with Crippen LogP contribution >= 0.6 is 0 Å². The highest BCUT2D eigenvalue weighted by Gasteiger charge is 2.22. The lowest BCUT2D eigenvalue weighted by atomic mass is 10.1. The minimum absolute atomic E-state index is 0.225. The summed E-state index contributed by atoms with van der Waals surface area (Å²) in [6.07, 6.45) is 6.19. The standard InChI is InChI=1S/C21H25NO5/c1-3-26-21(25)16(2)17-8-10-18(11-9-17)27-15-7-5-4-6-14-22-19(23)12-13-20(22)24/h8-13H,2-7,14-15H2,1H3. The molecule has 1 aromatic carbocycles.